The Kier molecular flexibility index (Phi) is 5.99. The van der Waals surface area contributed by atoms with Crippen LogP contribution in [0.5, 0.6) is 0 Å². The molecule has 1 aromatic carbocycles. The summed E-state index contributed by atoms with van der Waals surface area (Å²) >= 11 is 7.36. The van der Waals surface area contributed by atoms with Gasteiger partial charge in [0.25, 0.3) is 5.91 Å². The third-order valence-corrected chi connectivity index (χ3v) is 6.78. The van der Waals surface area contributed by atoms with Gasteiger partial charge in [-0.1, -0.05) is 23.7 Å². The van der Waals surface area contributed by atoms with Crippen LogP contribution in [0.4, 0.5) is 5.82 Å². The Labute approximate surface area is 179 Å². The van der Waals surface area contributed by atoms with E-state index >= 15 is 0 Å². The molecular weight excluding hydrogens is 406 g/mol. The lowest BCUT2D eigenvalue weighted by molar-refractivity contribution is 0.0957. The number of hydrogen-bond donors (Lipinski definition) is 1. The van der Waals surface area contributed by atoms with Crippen LogP contribution in [0.2, 0.25) is 5.02 Å². The fourth-order valence-corrected chi connectivity index (χ4v) is 4.77. The topological polar surface area (TPSA) is 61.4 Å². The van der Waals surface area contributed by atoms with E-state index in [0.717, 1.165) is 64.8 Å². The van der Waals surface area contributed by atoms with Crippen molar-refractivity contribution in [3.8, 4) is 0 Å². The van der Waals surface area contributed by atoms with Gasteiger partial charge in [0.2, 0.25) is 0 Å². The Morgan fingerprint density at radius 1 is 1.17 bits per heavy atom. The average Bonchev–Trinajstić information content (AvgIpc) is 3.07. The van der Waals surface area contributed by atoms with Gasteiger partial charge in [-0.25, -0.2) is 9.97 Å². The lowest BCUT2D eigenvalue weighted by Crippen LogP contribution is -2.44. The van der Waals surface area contributed by atoms with E-state index in [9.17, 15) is 4.79 Å². The summed E-state index contributed by atoms with van der Waals surface area (Å²) in [4.78, 5) is 28.0. The molecule has 6 nitrogen and oxygen atoms in total. The SMILES string of the molecule is Cc1c(C(=O)NCCc2ccc(Cl)cc2)sc2ncnc(N3CCN(C)CC3)c12. The van der Waals surface area contributed by atoms with Crippen molar-refractivity contribution in [3.05, 3.63) is 51.6 Å². The largest absolute Gasteiger partial charge is 0.353 e. The molecule has 2 aromatic heterocycles. The van der Waals surface area contributed by atoms with E-state index < -0.39 is 0 Å². The van der Waals surface area contributed by atoms with Gasteiger partial charge in [-0.3, -0.25) is 4.79 Å². The van der Waals surface area contributed by atoms with Gasteiger partial charge >= 0.3 is 0 Å². The Balaban J connectivity index is 1.50. The molecule has 3 aromatic rings. The van der Waals surface area contributed by atoms with Gasteiger partial charge < -0.3 is 15.1 Å². The number of hydrogen-bond acceptors (Lipinski definition) is 6. The minimum absolute atomic E-state index is 0.0520. The maximum atomic E-state index is 12.8. The Hall–Kier alpha value is -2.22. The van der Waals surface area contributed by atoms with Crippen LogP contribution < -0.4 is 10.2 Å². The van der Waals surface area contributed by atoms with E-state index in [4.69, 9.17) is 11.6 Å². The first-order valence-electron chi connectivity index (χ1n) is 9.73. The van der Waals surface area contributed by atoms with Crippen LogP contribution in [0.3, 0.4) is 0 Å². The molecule has 3 heterocycles. The number of piperazine rings is 1. The summed E-state index contributed by atoms with van der Waals surface area (Å²) in [6, 6.07) is 7.70. The molecular formula is C21H24ClN5OS. The normalized spacial score (nSPS) is 15.1. The third-order valence-electron chi connectivity index (χ3n) is 5.33. The van der Waals surface area contributed by atoms with E-state index in [2.05, 4.69) is 32.1 Å². The molecule has 0 atom stereocenters. The first-order valence-corrected chi connectivity index (χ1v) is 10.9. The van der Waals surface area contributed by atoms with E-state index in [1.165, 1.54) is 11.3 Å². The predicted octanol–water partition coefficient (Wildman–Crippen LogP) is 3.38. The summed E-state index contributed by atoms with van der Waals surface area (Å²) in [7, 11) is 2.13. The number of aromatic nitrogens is 2. The maximum absolute atomic E-state index is 12.8. The number of carbonyl (C=O) groups excluding carboxylic acids is 1. The molecule has 4 rings (SSSR count). The van der Waals surface area contributed by atoms with Crippen LogP contribution in [-0.4, -0.2) is 60.5 Å². The molecule has 1 N–H and O–H groups in total. The van der Waals surface area contributed by atoms with Gasteiger partial charge in [0, 0.05) is 37.7 Å². The minimum atomic E-state index is -0.0520. The number of fused-ring (bicyclic) bond motifs is 1. The zero-order chi connectivity index (χ0) is 20.4. The van der Waals surface area contributed by atoms with Crippen molar-refractivity contribution in [2.75, 3.05) is 44.7 Å². The molecule has 0 aliphatic carbocycles. The number of carbonyl (C=O) groups is 1. The van der Waals surface area contributed by atoms with Crippen molar-refractivity contribution >= 4 is 44.9 Å². The van der Waals surface area contributed by atoms with Crippen LogP contribution in [-0.2, 0) is 6.42 Å². The van der Waals surface area contributed by atoms with Crippen LogP contribution in [0.15, 0.2) is 30.6 Å². The first kappa shape index (κ1) is 20.1. The van der Waals surface area contributed by atoms with E-state index in [1.807, 2.05) is 31.2 Å². The van der Waals surface area contributed by atoms with Crippen molar-refractivity contribution in [3.63, 3.8) is 0 Å². The summed E-state index contributed by atoms with van der Waals surface area (Å²) in [5, 5.41) is 4.76. The predicted molar refractivity (Wildman–Crippen MR) is 119 cm³/mol. The van der Waals surface area contributed by atoms with Crippen LogP contribution in [0.25, 0.3) is 10.2 Å². The third kappa shape index (κ3) is 4.37. The fourth-order valence-electron chi connectivity index (χ4n) is 3.58. The number of halogens is 1. The quantitative estimate of drug-likeness (QED) is 0.673. The van der Waals surface area contributed by atoms with Gasteiger partial charge in [-0.05, 0) is 43.7 Å². The highest BCUT2D eigenvalue weighted by atomic mass is 35.5. The van der Waals surface area contributed by atoms with Crippen molar-refractivity contribution < 1.29 is 4.79 Å². The molecule has 1 aliphatic rings. The van der Waals surface area contributed by atoms with Gasteiger partial charge in [0.1, 0.15) is 17.0 Å². The van der Waals surface area contributed by atoms with E-state index in [0.29, 0.717) is 11.4 Å². The number of nitrogens with zero attached hydrogens (tertiary/aromatic N) is 4. The van der Waals surface area contributed by atoms with E-state index in [1.54, 1.807) is 6.33 Å². The number of likely N-dealkylation sites (N-methyl/N-ethyl adjacent to an activating group) is 1. The zero-order valence-corrected chi connectivity index (χ0v) is 18.2. The second-order valence-electron chi connectivity index (χ2n) is 7.36. The highest BCUT2D eigenvalue weighted by Crippen LogP contribution is 2.35. The Bertz CT molecular complexity index is 1010. The lowest BCUT2D eigenvalue weighted by atomic mass is 10.1. The number of amides is 1. The number of nitrogens with one attached hydrogen (secondary N) is 1. The number of anilines is 1. The van der Waals surface area contributed by atoms with Gasteiger partial charge in [0.05, 0.1) is 10.3 Å². The minimum Gasteiger partial charge on any atom is -0.353 e. The summed E-state index contributed by atoms with van der Waals surface area (Å²) < 4.78 is 0. The molecule has 0 radical (unpaired) electrons. The first-order chi connectivity index (χ1) is 14.0. The molecule has 0 saturated carbocycles. The van der Waals surface area contributed by atoms with Crippen LogP contribution in [0, 0.1) is 6.92 Å². The summed E-state index contributed by atoms with van der Waals surface area (Å²) in [5.74, 6) is 0.890. The monoisotopic (exact) mass is 429 g/mol. The average molecular weight is 430 g/mol. The highest BCUT2D eigenvalue weighted by molar-refractivity contribution is 7.20. The zero-order valence-electron chi connectivity index (χ0n) is 16.6. The molecule has 0 bridgehead atoms. The molecule has 1 saturated heterocycles. The number of aryl methyl sites for hydroxylation is 1. The molecule has 1 aliphatic heterocycles. The molecule has 0 spiro atoms. The van der Waals surface area contributed by atoms with Crippen molar-refractivity contribution in [2.45, 2.75) is 13.3 Å². The molecule has 8 heteroatoms. The Morgan fingerprint density at radius 2 is 1.90 bits per heavy atom. The molecule has 1 fully saturated rings. The smallest absolute Gasteiger partial charge is 0.261 e. The lowest BCUT2D eigenvalue weighted by Gasteiger charge is -2.33. The second-order valence-corrected chi connectivity index (χ2v) is 8.79. The maximum Gasteiger partial charge on any atom is 0.261 e. The molecule has 0 unspecified atom stereocenters. The molecule has 1 amide bonds. The summed E-state index contributed by atoms with van der Waals surface area (Å²) in [6.07, 6.45) is 2.37. The number of thiophene rings is 1. The summed E-state index contributed by atoms with van der Waals surface area (Å²) in [6.45, 7) is 6.45. The number of benzene rings is 1. The van der Waals surface area contributed by atoms with Gasteiger partial charge in [0.15, 0.2) is 0 Å². The molecule has 29 heavy (non-hydrogen) atoms. The van der Waals surface area contributed by atoms with Gasteiger partial charge in [-0.2, -0.15) is 0 Å². The van der Waals surface area contributed by atoms with Crippen molar-refractivity contribution in [1.82, 2.24) is 20.2 Å². The molecule has 152 valence electrons. The number of rotatable bonds is 5. The van der Waals surface area contributed by atoms with Crippen LogP contribution in [0.1, 0.15) is 20.8 Å². The van der Waals surface area contributed by atoms with Crippen molar-refractivity contribution in [2.24, 2.45) is 0 Å². The van der Waals surface area contributed by atoms with E-state index in [-0.39, 0.29) is 5.91 Å². The summed E-state index contributed by atoms with van der Waals surface area (Å²) in [5.41, 5.74) is 2.11. The Morgan fingerprint density at radius 3 is 2.62 bits per heavy atom. The second kappa shape index (κ2) is 8.65. The standard InChI is InChI=1S/C21H24ClN5OS/c1-14-17-19(27-11-9-26(2)10-12-27)24-13-25-21(17)29-18(14)20(28)23-8-7-15-3-5-16(22)6-4-15/h3-6,13H,7-12H2,1-2H3,(H,23,28). The fraction of sp³-hybridized carbons (Fsp3) is 0.381. The van der Waals surface area contributed by atoms with Gasteiger partial charge in [-0.15, -0.1) is 11.3 Å². The van der Waals surface area contributed by atoms with Crippen LogP contribution >= 0.6 is 22.9 Å². The van der Waals surface area contributed by atoms with Crippen molar-refractivity contribution in [1.29, 1.82) is 0 Å². The highest BCUT2D eigenvalue weighted by Gasteiger charge is 2.23.